The van der Waals surface area contributed by atoms with Crippen LogP contribution < -0.4 is 42.5 Å². The maximum absolute atomic E-state index is 13.5. The van der Waals surface area contributed by atoms with Gasteiger partial charge in [0.25, 0.3) is 0 Å². The number of aliphatic hydroxyl groups is 6. The van der Waals surface area contributed by atoms with Crippen LogP contribution >= 0.6 is 0 Å². The Kier molecular flexibility index (Phi) is 20.0. The van der Waals surface area contributed by atoms with Gasteiger partial charge in [0.2, 0.25) is 41.4 Å². The molecule has 0 aromatic carbocycles. The van der Waals surface area contributed by atoms with Gasteiger partial charge in [-0.1, -0.05) is 19.9 Å². The van der Waals surface area contributed by atoms with Crippen molar-refractivity contribution in [1.29, 1.82) is 5.26 Å². The number of β-amino-alcohol motifs (C(OH)–C–C–N with tert-alkyl or cyclic N) is 1. The van der Waals surface area contributed by atoms with E-state index >= 15 is 0 Å². The number of aliphatic hydroxyl groups excluding tert-OH is 6. The molecule has 1 rings (SSSR count). The lowest BCUT2D eigenvalue weighted by Crippen LogP contribution is -2.65. The highest BCUT2D eigenvalue weighted by Gasteiger charge is 2.40. The molecule has 1 aliphatic rings. The molecule has 1 aliphatic heterocycles. The van der Waals surface area contributed by atoms with E-state index in [1.165, 1.54) is 39.8 Å². The maximum Gasteiger partial charge on any atom is 0.332 e. The monoisotopic (exact) mass is 801 g/mol. The molecule has 1 heterocycles. The van der Waals surface area contributed by atoms with Crippen molar-refractivity contribution in [2.75, 3.05) is 26.8 Å². The molecule has 314 valence electrons. The molecule has 0 spiro atoms. The summed E-state index contributed by atoms with van der Waals surface area (Å²) in [6.07, 6.45) is -9.22. The van der Waals surface area contributed by atoms with Crippen LogP contribution in [0.4, 0.5) is 0 Å². The molecule has 7 amide bonds. The van der Waals surface area contributed by atoms with Crippen LogP contribution in [0.2, 0.25) is 0 Å². The second-order valence-corrected chi connectivity index (χ2v) is 12.9. The Labute approximate surface area is 320 Å². The Morgan fingerprint density at radius 2 is 1.39 bits per heavy atom. The molecule has 11 atom stereocenters. The van der Waals surface area contributed by atoms with Gasteiger partial charge < -0.3 is 72.6 Å². The molecule has 24 heteroatoms. The first-order chi connectivity index (χ1) is 26.1. The van der Waals surface area contributed by atoms with Gasteiger partial charge in [0.1, 0.15) is 48.6 Å². The van der Waals surface area contributed by atoms with E-state index in [1.54, 1.807) is 0 Å². The zero-order chi connectivity index (χ0) is 43.0. The van der Waals surface area contributed by atoms with Crippen molar-refractivity contribution < 1.29 is 73.7 Å². The zero-order valence-electron chi connectivity index (χ0n) is 31.4. The van der Waals surface area contributed by atoms with Gasteiger partial charge >= 0.3 is 5.97 Å². The molecule has 14 N–H and O–H groups in total. The Morgan fingerprint density at radius 1 is 0.857 bits per heavy atom. The summed E-state index contributed by atoms with van der Waals surface area (Å²) in [6, 6.07) is -10.4. The van der Waals surface area contributed by atoms with E-state index in [4.69, 9.17) is 0 Å². The molecule has 0 aromatic heterocycles. The number of hydrogen-bond donors (Lipinski definition) is 14. The first-order valence-corrected chi connectivity index (χ1v) is 17.1. The third kappa shape index (κ3) is 14.1. The van der Waals surface area contributed by atoms with Crippen LogP contribution in [-0.4, -0.2) is 172 Å². The predicted octanol–water partition coefficient (Wildman–Crippen LogP) is -8.29. The highest BCUT2D eigenvalue weighted by Crippen LogP contribution is 2.08. The molecule has 1 saturated heterocycles. The Hall–Kier alpha value is -5.29. The minimum Gasteiger partial charge on any atom is -0.467 e. The van der Waals surface area contributed by atoms with Crippen molar-refractivity contribution in [3.63, 3.8) is 0 Å². The van der Waals surface area contributed by atoms with Gasteiger partial charge in [-0.2, -0.15) is 5.26 Å². The summed E-state index contributed by atoms with van der Waals surface area (Å²) in [4.78, 5) is 105. The number of methoxy groups -OCH3 is 1. The third-order valence-corrected chi connectivity index (χ3v) is 8.28. The van der Waals surface area contributed by atoms with E-state index in [-0.39, 0.29) is 5.57 Å². The largest absolute Gasteiger partial charge is 0.467 e. The van der Waals surface area contributed by atoms with Crippen LogP contribution in [-0.2, 0) is 43.1 Å². The van der Waals surface area contributed by atoms with Gasteiger partial charge in [-0.3, -0.25) is 38.9 Å². The first-order valence-electron chi connectivity index (χ1n) is 17.1. The fourth-order valence-electron chi connectivity index (χ4n) is 4.72. The number of carbonyl (C=O) groups excluding carboxylic acids is 8. The maximum atomic E-state index is 13.5. The SMILES string of the molecule is C/C=C(/C)C(=O)NC[C@@H]1NC(=O)C(C(=O)OC)NC(O)[C@@H](O)CNC(=O)[C@H]([C@@H](C)O)NC(=O)C(C(O)C(O)C#N)NC(=O)[C@H](C(C)C)NC(=O)[C@H](CO)NC1=O. The number of amides is 7. The average molecular weight is 802 g/mol. The molecule has 0 saturated carbocycles. The van der Waals surface area contributed by atoms with Gasteiger partial charge in [0.15, 0.2) is 12.1 Å². The number of nitrogens with zero attached hydrogens (tertiary/aromatic N) is 1. The van der Waals surface area contributed by atoms with E-state index in [2.05, 4.69) is 42.0 Å². The van der Waals surface area contributed by atoms with E-state index in [1.807, 2.05) is 5.32 Å². The lowest BCUT2D eigenvalue weighted by atomic mass is 9.99. The van der Waals surface area contributed by atoms with E-state index < -0.39 is 140 Å². The quantitative estimate of drug-likeness (QED) is 0.0445. The standard InChI is InChI=1S/C32H51N9O15/c1-7-13(4)24(47)34-9-15-25(48)37-16(11-42)26(49)38-19(12(2)3)29(52)40-21(23(46)17(44)8-33)30(53)39-20(14(5)43)28(51)35-10-18(45)27(50)41-22(31(54)36-15)32(55)56-6/h7,12,14-23,27,41-46,50H,9-11H2,1-6H3,(H,34,47)(H,35,51)(H,36,54)(H,37,48)(H,38,49)(H,39,53)(H,40,52)/b13-7-/t14-,15+,16+,17?,18+,19+,20+,21?,22?,23?,27?/m1/s1. The van der Waals surface area contributed by atoms with E-state index in [9.17, 15) is 74.3 Å². The smallest absolute Gasteiger partial charge is 0.332 e. The molecular weight excluding hydrogens is 750 g/mol. The molecule has 56 heavy (non-hydrogen) atoms. The number of nitrogens with one attached hydrogen (secondary N) is 8. The highest BCUT2D eigenvalue weighted by molar-refractivity contribution is 6.04. The van der Waals surface area contributed by atoms with Crippen LogP contribution in [0, 0.1) is 17.2 Å². The summed E-state index contributed by atoms with van der Waals surface area (Å²) in [5.74, 6) is -10.6. The van der Waals surface area contributed by atoms with Crippen LogP contribution in [0.25, 0.3) is 0 Å². The Morgan fingerprint density at radius 3 is 1.91 bits per heavy atom. The number of carbonyl (C=O) groups is 8. The molecule has 0 aliphatic carbocycles. The molecule has 1 fully saturated rings. The average Bonchev–Trinajstić information content (AvgIpc) is 3.16. The number of nitriles is 1. The fourth-order valence-corrected chi connectivity index (χ4v) is 4.72. The normalized spacial score (nSPS) is 28.5. The number of rotatable bonds is 9. The van der Waals surface area contributed by atoms with Gasteiger partial charge in [-0.25, -0.2) is 4.79 Å². The second kappa shape index (κ2) is 22.9. The zero-order valence-corrected chi connectivity index (χ0v) is 31.4. The van der Waals surface area contributed by atoms with E-state index in [0.717, 1.165) is 14.0 Å². The van der Waals surface area contributed by atoms with Crippen molar-refractivity contribution in [2.45, 2.75) is 102 Å². The highest BCUT2D eigenvalue weighted by atomic mass is 16.5. The minimum absolute atomic E-state index is 0.188. The minimum atomic E-state index is -2.37. The van der Waals surface area contributed by atoms with Gasteiger partial charge in [0, 0.05) is 18.7 Å². The number of allylic oxidation sites excluding steroid dienone is 1. The lowest BCUT2D eigenvalue weighted by Gasteiger charge is -2.31. The summed E-state index contributed by atoms with van der Waals surface area (Å²) < 4.78 is 4.59. The van der Waals surface area contributed by atoms with E-state index in [0.29, 0.717) is 0 Å². The summed E-state index contributed by atoms with van der Waals surface area (Å²) in [6.45, 7) is 4.16. The summed E-state index contributed by atoms with van der Waals surface area (Å²) in [5.41, 5.74) is 0.188. The Bertz CT molecular complexity index is 1520. The Balaban J connectivity index is 3.81. The first kappa shape index (κ1) is 48.7. The van der Waals surface area contributed by atoms with Crippen molar-refractivity contribution in [3.8, 4) is 6.07 Å². The van der Waals surface area contributed by atoms with Crippen LogP contribution in [0.5, 0.6) is 0 Å². The summed E-state index contributed by atoms with van der Waals surface area (Å²) in [7, 11) is 0.858. The molecule has 24 nitrogen and oxygen atoms in total. The molecule has 0 radical (unpaired) electrons. The molecule has 5 unspecified atom stereocenters. The number of ether oxygens (including phenoxy) is 1. The number of hydrogen-bond acceptors (Lipinski definition) is 17. The van der Waals surface area contributed by atoms with Crippen molar-refractivity contribution in [2.24, 2.45) is 5.92 Å². The van der Waals surface area contributed by atoms with Crippen LogP contribution in [0.1, 0.15) is 34.6 Å². The van der Waals surface area contributed by atoms with Crippen LogP contribution in [0.15, 0.2) is 11.6 Å². The van der Waals surface area contributed by atoms with Crippen LogP contribution in [0.3, 0.4) is 0 Å². The topological polar surface area (TPSA) is 387 Å². The third-order valence-electron chi connectivity index (χ3n) is 8.28. The van der Waals surface area contributed by atoms with Crippen molar-refractivity contribution >= 4 is 47.3 Å². The lowest BCUT2D eigenvalue weighted by molar-refractivity contribution is -0.150. The molecule has 0 bridgehead atoms. The van der Waals surface area contributed by atoms with Gasteiger partial charge in [0.05, 0.1) is 25.9 Å². The summed E-state index contributed by atoms with van der Waals surface area (Å²) in [5, 5.41) is 88.6. The van der Waals surface area contributed by atoms with Crippen molar-refractivity contribution in [1.82, 2.24) is 42.5 Å². The van der Waals surface area contributed by atoms with Gasteiger partial charge in [-0.05, 0) is 26.7 Å². The molecule has 0 aromatic rings. The number of esters is 1. The second-order valence-electron chi connectivity index (χ2n) is 12.9. The summed E-state index contributed by atoms with van der Waals surface area (Å²) >= 11 is 0. The van der Waals surface area contributed by atoms with Crippen molar-refractivity contribution in [3.05, 3.63) is 11.6 Å². The predicted molar refractivity (Wildman–Crippen MR) is 187 cm³/mol. The van der Waals surface area contributed by atoms with Gasteiger partial charge in [-0.15, -0.1) is 0 Å². The fraction of sp³-hybridized carbons (Fsp3) is 0.656. The molecular formula is C32H51N9O15.